The van der Waals surface area contributed by atoms with Gasteiger partial charge in [0.15, 0.2) is 0 Å². The van der Waals surface area contributed by atoms with Gasteiger partial charge in [0.05, 0.1) is 6.54 Å². The van der Waals surface area contributed by atoms with Crippen LogP contribution in [0, 0.1) is 12.8 Å². The number of nitrogens with one attached hydrogen (secondary N) is 1. The number of hydrogen-bond acceptors (Lipinski definition) is 4. The summed E-state index contributed by atoms with van der Waals surface area (Å²) < 4.78 is 0. The summed E-state index contributed by atoms with van der Waals surface area (Å²) in [6.07, 6.45) is 4.79. The summed E-state index contributed by atoms with van der Waals surface area (Å²) in [5, 5.41) is 2.43. The fourth-order valence-electron chi connectivity index (χ4n) is 3.26. The zero-order chi connectivity index (χ0) is 17.1. The maximum absolute atomic E-state index is 12.4. The highest BCUT2D eigenvalue weighted by atomic mass is 16.2. The minimum absolute atomic E-state index is 0.0187. The smallest absolute Gasteiger partial charge is 0.325 e. The Morgan fingerprint density at radius 2 is 2.21 bits per heavy atom. The van der Waals surface area contributed by atoms with E-state index in [1.165, 1.54) is 5.56 Å². The van der Waals surface area contributed by atoms with Gasteiger partial charge in [-0.2, -0.15) is 0 Å². The summed E-state index contributed by atoms with van der Waals surface area (Å²) in [7, 11) is 0. The van der Waals surface area contributed by atoms with Crippen LogP contribution in [0.3, 0.4) is 0 Å². The largest absolute Gasteiger partial charge is 0.341 e. The van der Waals surface area contributed by atoms with Crippen molar-refractivity contribution in [1.29, 1.82) is 0 Å². The molecule has 0 aromatic carbocycles. The zero-order valence-corrected chi connectivity index (χ0v) is 13.8. The standard InChI is InChI=1S/C17H22N4O3/c1-12-4-5-13(8-18-12)7-14-3-2-6-20(10-14)16(23)11-21-15(22)9-19-17(21)24/h4-5,8,14H,2-3,6-7,9-11H2,1H3,(H,19,24)/t14-/m0/s1. The molecule has 0 spiro atoms. The second-order valence-corrected chi connectivity index (χ2v) is 6.50. The van der Waals surface area contributed by atoms with Crippen LogP contribution in [-0.2, 0) is 16.0 Å². The van der Waals surface area contributed by atoms with Crippen LogP contribution in [0.5, 0.6) is 0 Å². The number of pyridine rings is 1. The number of aryl methyl sites for hydroxylation is 1. The number of urea groups is 1. The first kappa shape index (κ1) is 16.4. The Hall–Kier alpha value is -2.44. The van der Waals surface area contributed by atoms with Crippen LogP contribution in [0.1, 0.15) is 24.1 Å². The van der Waals surface area contributed by atoms with Gasteiger partial charge in [0.2, 0.25) is 5.91 Å². The van der Waals surface area contributed by atoms with Crippen molar-refractivity contribution in [3.8, 4) is 0 Å². The Bertz CT molecular complexity index is 628. The van der Waals surface area contributed by atoms with Gasteiger partial charge in [-0.1, -0.05) is 6.07 Å². The molecule has 1 atom stereocenters. The van der Waals surface area contributed by atoms with Gasteiger partial charge in [0.1, 0.15) is 6.54 Å². The third kappa shape index (κ3) is 3.72. The number of hydrogen-bond donors (Lipinski definition) is 1. The average molecular weight is 330 g/mol. The summed E-state index contributed by atoms with van der Waals surface area (Å²) in [4.78, 5) is 42.7. The zero-order valence-electron chi connectivity index (χ0n) is 13.8. The number of piperidine rings is 1. The molecule has 7 heteroatoms. The number of carbonyl (C=O) groups is 3. The Morgan fingerprint density at radius 3 is 2.88 bits per heavy atom. The van der Waals surface area contributed by atoms with Crippen LogP contribution in [0.25, 0.3) is 0 Å². The average Bonchev–Trinajstić information content (AvgIpc) is 2.89. The Balaban J connectivity index is 1.56. The number of carbonyl (C=O) groups excluding carboxylic acids is 3. The van der Waals surface area contributed by atoms with Crippen LogP contribution >= 0.6 is 0 Å². The molecule has 1 aromatic rings. The van der Waals surface area contributed by atoms with Crippen molar-refractivity contribution in [1.82, 2.24) is 20.1 Å². The predicted molar refractivity (Wildman–Crippen MR) is 87.1 cm³/mol. The quantitative estimate of drug-likeness (QED) is 0.825. The molecule has 0 bridgehead atoms. The van der Waals surface area contributed by atoms with Gasteiger partial charge < -0.3 is 10.2 Å². The van der Waals surface area contributed by atoms with E-state index in [1.54, 1.807) is 4.90 Å². The highest BCUT2D eigenvalue weighted by Crippen LogP contribution is 2.21. The second-order valence-electron chi connectivity index (χ2n) is 6.50. The number of aromatic nitrogens is 1. The van der Waals surface area contributed by atoms with Crippen LogP contribution in [-0.4, -0.2) is 58.8 Å². The molecule has 128 valence electrons. The van der Waals surface area contributed by atoms with E-state index in [9.17, 15) is 14.4 Å². The van der Waals surface area contributed by atoms with E-state index in [-0.39, 0.29) is 24.9 Å². The Labute approximate surface area is 141 Å². The van der Waals surface area contributed by atoms with E-state index in [1.807, 2.05) is 19.2 Å². The maximum atomic E-state index is 12.4. The summed E-state index contributed by atoms with van der Waals surface area (Å²) in [5.41, 5.74) is 2.17. The Morgan fingerprint density at radius 1 is 1.38 bits per heavy atom. The van der Waals surface area contributed by atoms with Crippen molar-refractivity contribution in [3.63, 3.8) is 0 Å². The number of imide groups is 1. The molecular weight excluding hydrogens is 308 g/mol. The molecule has 3 rings (SSSR count). The van der Waals surface area contributed by atoms with Crippen molar-refractivity contribution < 1.29 is 14.4 Å². The number of nitrogens with zero attached hydrogens (tertiary/aromatic N) is 3. The molecule has 0 saturated carbocycles. The van der Waals surface area contributed by atoms with E-state index in [2.05, 4.69) is 16.4 Å². The van der Waals surface area contributed by atoms with Crippen molar-refractivity contribution >= 4 is 17.8 Å². The van der Waals surface area contributed by atoms with E-state index < -0.39 is 6.03 Å². The second kappa shape index (κ2) is 6.98. The molecule has 2 fully saturated rings. The predicted octanol–water partition coefficient (Wildman–Crippen LogP) is 0.723. The lowest BCUT2D eigenvalue weighted by atomic mass is 9.92. The van der Waals surface area contributed by atoms with Gasteiger partial charge in [-0.05, 0) is 43.7 Å². The van der Waals surface area contributed by atoms with E-state index in [4.69, 9.17) is 0 Å². The van der Waals surface area contributed by atoms with E-state index in [0.29, 0.717) is 19.0 Å². The minimum Gasteiger partial charge on any atom is -0.341 e. The normalized spacial score (nSPS) is 21.1. The molecule has 3 heterocycles. The lowest BCUT2D eigenvalue weighted by Gasteiger charge is -2.33. The fourth-order valence-corrected chi connectivity index (χ4v) is 3.26. The molecule has 1 aromatic heterocycles. The third-order valence-electron chi connectivity index (χ3n) is 4.60. The molecule has 2 aliphatic rings. The molecule has 0 unspecified atom stereocenters. The first-order valence-corrected chi connectivity index (χ1v) is 8.30. The van der Waals surface area contributed by atoms with Crippen LogP contribution in [0.2, 0.25) is 0 Å². The molecule has 0 aliphatic carbocycles. The van der Waals surface area contributed by atoms with Crippen molar-refractivity contribution in [2.45, 2.75) is 26.2 Å². The molecule has 1 N–H and O–H groups in total. The van der Waals surface area contributed by atoms with Crippen LogP contribution in [0.4, 0.5) is 4.79 Å². The van der Waals surface area contributed by atoms with E-state index >= 15 is 0 Å². The lowest BCUT2D eigenvalue weighted by Crippen LogP contribution is -2.47. The molecule has 0 radical (unpaired) electrons. The van der Waals surface area contributed by atoms with Gasteiger partial charge in [0, 0.05) is 25.0 Å². The molecule has 24 heavy (non-hydrogen) atoms. The SMILES string of the molecule is Cc1ccc(C[C@@H]2CCCN(C(=O)CN3C(=O)CNC3=O)C2)cn1. The number of rotatable bonds is 4. The molecular formula is C17H22N4O3. The van der Waals surface area contributed by atoms with Gasteiger partial charge in [0.25, 0.3) is 5.91 Å². The topological polar surface area (TPSA) is 82.6 Å². The third-order valence-corrected chi connectivity index (χ3v) is 4.60. The molecule has 2 saturated heterocycles. The lowest BCUT2D eigenvalue weighted by molar-refractivity contribution is -0.137. The highest BCUT2D eigenvalue weighted by molar-refractivity contribution is 6.04. The summed E-state index contributed by atoms with van der Waals surface area (Å²) in [5.74, 6) is -0.116. The summed E-state index contributed by atoms with van der Waals surface area (Å²) in [6, 6.07) is 3.60. The van der Waals surface area contributed by atoms with Gasteiger partial charge >= 0.3 is 6.03 Å². The fraction of sp³-hybridized carbons (Fsp3) is 0.529. The minimum atomic E-state index is -0.479. The van der Waals surface area contributed by atoms with Crippen molar-refractivity contribution in [2.24, 2.45) is 5.92 Å². The van der Waals surface area contributed by atoms with Crippen molar-refractivity contribution in [2.75, 3.05) is 26.2 Å². The first-order chi connectivity index (χ1) is 11.5. The molecule has 2 aliphatic heterocycles. The number of amides is 4. The van der Waals surface area contributed by atoms with Crippen molar-refractivity contribution in [3.05, 3.63) is 29.6 Å². The van der Waals surface area contributed by atoms with Crippen LogP contribution in [0.15, 0.2) is 18.3 Å². The Kier molecular flexibility index (Phi) is 4.78. The molecule has 4 amide bonds. The summed E-state index contributed by atoms with van der Waals surface area (Å²) in [6.45, 7) is 3.13. The highest BCUT2D eigenvalue weighted by Gasteiger charge is 2.32. The monoisotopic (exact) mass is 330 g/mol. The van der Waals surface area contributed by atoms with Gasteiger partial charge in [-0.25, -0.2) is 4.79 Å². The van der Waals surface area contributed by atoms with E-state index in [0.717, 1.165) is 29.9 Å². The maximum Gasteiger partial charge on any atom is 0.325 e. The van der Waals surface area contributed by atoms with Crippen LogP contribution < -0.4 is 5.32 Å². The molecule has 7 nitrogen and oxygen atoms in total. The first-order valence-electron chi connectivity index (χ1n) is 8.30. The van der Waals surface area contributed by atoms with Gasteiger partial charge in [-0.15, -0.1) is 0 Å². The summed E-state index contributed by atoms with van der Waals surface area (Å²) >= 11 is 0. The number of likely N-dealkylation sites (tertiary alicyclic amines) is 1. The van der Waals surface area contributed by atoms with Gasteiger partial charge in [-0.3, -0.25) is 19.5 Å².